The SMILES string of the molecule is CC(C)C(C)C1(C)CC(C)C(C)C1. The minimum absolute atomic E-state index is 0.618. The summed E-state index contributed by atoms with van der Waals surface area (Å²) in [7, 11) is 0. The predicted octanol–water partition coefficient (Wildman–Crippen LogP) is 4.35. The lowest BCUT2D eigenvalue weighted by Crippen LogP contribution is -2.26. The fourth-order valence-corrected chi connectivity index (χ4v) is 3.13. The molecule has 0 aromatic carbocycles. The van der Waals surface area contributed by atoms with Crippen LogP contribution in [0.1, 0.15) is 54.4 Å². The van der Waals surface area contributed by atoms with E-state index in [1.807, 2.05) is 0 Å². The molecule has 1 saturated carbocycles. The van der Waals surface area contributed by atoms with Crippen LogP contribution >= 0.6 is 0 Å². The third-order valence-electron chi connectivity index (χ3n) is 4.65. The molecule has 0 aliphatic heterocycles. The van der Waals surface area contributed by atoms with Gasteiger partial charge in [0.2, 0.25) is 0 Å². The van der Waals surface area contributed by atoms with Gasteiger partial charge in [0.15, 0.2) is 0 Å². The van der Waals surface area contributed by atoms with Crippen LogP contribution in [0.3, 0.4) is 0 Å². The maximum Gasteiger partial charge on any atom is -0.0292 e. The zero-order valence-corrected chi connectivity index (χ0v) is 10.2. The maximum atomic E-state index is 2.50. The smallest absolute Gasteiger partial charge is 0.0292 e. The van der Waals surface area contributed by atoms with Gasteiger partial charge in [-0.1, -0.05) is 41.5 Å². The second kappa shape index (κ2) is 3.63. The molecule has 1 aliphatic rings. The molecule has 0 aromatic rings. The van der Waals surface area contributed by atoms with Crippen LogP contribution in [0.25, 0.3) is 0 Å². The normalized spacial score (nSPS) is 42.7. The van der Waals surface area contributed by atoms with Gasteiger partial charge in [0.05, 0.1) is 0 Å². The lowest BCUT2D eigenvalue weighted by atomic mass is 9.71. The highest BCUT2D eigenvalue weighted by atomic mass is 14.5. The zero-order chi connectivity index (χ0) is 10.2. The minimum atomic E-state index is 0.618. The molecule has 0 N–H and O–H groups in total. The molecule has 0 aromatic heterocycles. The number of hydrogen-bond donors (Lipinski definition) is 0. The van der Waals surface area contributed by atoms with E-state index in [1.54, 1.807) is 0 Å². The first kappa shape index (κ1) is 11.1. The van der Waals surface area contributed by atoms with Crippen LogP contribution in [0, 0.1) is 29.1 Å². The summed E-state index contributed by atoms with van der Waals surface area (Å²) in [5.41, 5.74) is 0.618. The Morgan fingerprint density at radius 1 is 1.00 bits per heavy atom. The molecular formula is C13H26. The van der Waals surface area contributed by atoms with Gasteiger partial charge in [-0.2, -0.15) is 0 Å². The van der Waals surface area contributed by atoms with Crippen molar-refractivity contribution < 1.29 is 0 Å². The lowest BCUT2D eigenvalue weighted by molar-refractivity contribution is 0.151. The largest absolute Gasteiger partial charge is 0.0625 e. The number of hydrogen-bond acceptors (Lipinski definition) is 0. The Balaban J connectivity index is 2.68. The van der Waals surface area contributed by atoms with Gasteiger partial charge in [0, 0.05) is 0 Å². The molecule has 0 heteroatoms. The fraction of sp³-hybridized carbons (Fsp3) is 1.00. The molecule has 1 fully saturated rings. The third-order valence-corrected chi connectivity index (χ3v) is 4.65. The molecule has 0 bridgehead atoms. The molecular weight excluding hydrogens is 156 g/mol. The van der Waals surface area contributed by atoms with Crippen LogP contribution in [0.4, 0.5) is 0 Å². The molecule has 0 heterocycles. The molecule has 0 spiro atoms. The van der Waals surface area contributed by atoms with Crippen molar-refractivity contribution in [2.24, 2.45) is 29.1 Å². The van der Waals surface area contributed by atoms with E-state index < -0.39 is 0 Å². The molecule has 3 atom stereocenters. The molecule has 0 saturated heterocycles. The quantitative estimate of drug-likeness (QED) is 0.595. The van der Waals surface area contributed by atoms with E-state index >= 15 is 0 Å². The summed E-state index contributed by atoms with van der Waals surface area (Å²) >= 11 is 0. The summed E-state index contributed by atoms with van der Waals surface area (Å²) in [5.74, 6) is 3.58. The van der Waals surface area contributed by atoms with Crippen LogP contribution in [0.15, 0.2) is 0 Å². The highest BCUT2D eigenvalue weighted by Gasteiger charge is 2.42. The van der Waals surface area contributed by atoms with Crippen molar-refractivity contribution in [1.82, 2.24) is 0 Å². The van der Waals surface area contributed by atoms with Gasteiger partial charge < -0.3 is 0 Å². The van der Waals surface area contributed by atoms with E-state index in [9.17, 15) is 0 Å². The Labute approximate surface area is 84.1 Å². The van der Waals surface area contributed by atoms with E-state index in [4.69, 9.17) is 0 Å². The summed E-state index contributed by atoms with van der Waals surface area (Å²) < 4.78 is 0. The highest BCUT2D eigenvalue weighted by molar-refractivity contribution is 4.91. The predicted molar refractivity (Wildman–Crippen MR) is 59.7 cm³/mol. The maximum absolute atomic E-state index is 2.50. The van der Waals surface area contributed by atoms with Crippen molar-refractivity contribution in [1.29, 1.82) is 0 Å². The first-order chi connectivity index (χ1) is 5.87. The van der Waals surface area contributed by atoms with Crippen molar-refractivity contribution in [2.75, 3.05) is 0 Å². The van der Waals surface area contributed by atoms with E-state index in [1.165, 1.54) is 12.8 Å². The highest BCUT2D eigenvalue weighted by Crippen LogP contribution is 2.51. The van der Waals surface area contributed by atoms with Crippen molar-refractivity contribution in [3.63, 3.8) is 0 Å². The van der Waals surface area contributed by atoms with Gasteiger partial charge in [-0.05, 0) is 41.9 Å². The van der Waals surface area contributed by atoms with Crippen molar-refractivity contribution in [2.45, 2.75) is 54.4 Å². The zero-order valence-electron chi connectivity index (χ0n) is 10.2. The average molecular weight is 182 g/mol. The molecule has 78 valence electrons. The van der Waals surface area contributed by atoms with E-state index in [2.05, 4.69) is 41.5 Å². The van der Waals surface area contributed by atoms with Gasteiger partial charge in [-0.15, -0.1) is 0 Å². The van der Waals surface area contributed by atoms with Crippen LogP contribution in [0.2, 0.25) is 0 Å². The molecule has 3 unspecified atom stereocenters. The Hall–Kier alpha value is 0. The second-order valence-corrected chi connectivity index (χ2v) is 6.05. The second-order valence-electron chi connectivity index (χ2n) is 6.05. The molecule has 0 nitrogen and oxygen atoms in total. The topological polar surface area (TPSA) is 0 Å². The first-order valence-electron chi connectivity index (χ1n) is 5.87. The summed E-state index contributed by atoms with van der Waals surface area (Å²) in [6, 6.07) is 0. The Morgan fingerprint density at radius 3 is 1.69 bits per heavy atom. The first-order valence-corrected chi connectivity index (χ1v) is 5.87. The van der Waals surface area contributed by atoms with E-state index in [-0.39, 0.29) is 0 Å². The van der Waals surface area contributed by atoms with Gasteiger partial charge in [-0.3, -0.25) is 0 Å². The Kier molecular flexibility index (Phi) is 3.09. The Morgan fingerprint density at radius 2 is 1.38 bits per heavy atom. The van der Waals surface area contributed by atoms with E-state index in [0.717, 1.165) is 23.7 Å². The fourth-order valence-electron chi connectivity index (χ4n) is 3.13. The summed E-state index contributed by atoms with van der Waals surface area (Å²) in [4.78, 5) is 0. The third kappa shape index (κ3) is 2.08. The van der Waals surface area contributed by atoms with Crippen LogP contribution in [0.5, 0.6) is 0 Å². The van der Waals surface area contributed by atoms with E-state index in [0.29, 0.717) is 5.41 Å². The molecule has 13 heavy (non-hydrogen) atoms. The van der Waals surface area contributed by atoms with Crippen molar-refractivity contribution >= 4 is 0 Å². The van der Waals surface area contributed by atoms with Crippen molar-refractivity contribution in [3.8, 4) is 0 Å². The van der Waals surface area contributed by atoms with Crippen LogP contribution < -0.4 is 0 Å². The molecule has 1 aliphatic carbocycles. The molecule has 0 radical (unpaired) electrons. The monoisotopic (exact) mass is 182 g/mol. The minimum Gasteiger partial charge on any atom is -0.0625 e. The summed E-state index contributed by atoms with van der Waals surface area (Å²) in [5, 5.41) is 0. The van der Waals surface area contributed by atoms with Crippen molar-refractivity contribution in [3.05, 3.63) is 0 Å². The summed E-state index contributed by atoms with van der Waals surface area (Å²) in [6.45, 7) is 14.5. The number of rotatable bonds is 2. The average Bonchev–Trinajstić information content (AvgIpc) is 2.26. The van der Waals surface area contributed by atoms with Crippen LogP contribution in [-0.4, -0.2) is 0 Å². The van der Waals surface area contributed by atoms with Gasteiger partial charge in [-0.25, -0.2) is 0 Å². The van der Waals surface area contributed by atoms with Gasteiger partial charge >= 0.3 is 0 Å². The van der Waals surface area contributed by atoms with Gasteiger partial charge in [0.1, 0.15) is 0 Å². The Bertz CT molecular complexity index is 159. The van der Waals surface area contributed by atoms with Gasteiger partial charge in [0.25, 0.3) is 0 Å². The lowest BCUT2D eigenvalue weighted by Gasteiger charge is -2.34. The molecule has 0 amide bonds. The summed E-state index contributed by atoms with van der Waals surface area (Å²) in [6.07, 6.45) is 2.88. The van der Waals surface area contributed by atoms with Crippen LogP contribution in [-0.2, 0) is 0 Å². The standard InChI is InChI=1S/C13H26/c1-9(2)12(5)13(6)7-10(3)11(4)8-13/h9-12H,7-8H2,1-6H3. The molecule has 1 rings (SSSR count).